The van der Waals surface area contributed by atoms with E-state index in [1.807, 2.05) is 6.92 Å². The van der Waals surface area contributed by atoms with Crippen LogP contribution in [0.4, 0.5) is 5.82 Å². The molecule has 2 aliphatic rings. The third-order valence-electron chi connectivity index (χ3n) is 7.11. The van der Waals surface area contributed by atoms with E-state index < -0.39 is 35.4 Å². The highest BCUT2D eigenvalue weighted by Gasteiger charge is 2.54. The van der Waals surface area contributed by atoms with Crippen LogP contribution in [0.2, 0.25) is 0 Å². The second-order valence-corrected chi connectivity index (χ2v) is 9.90. The molecule has 1 amide bonds. The zero-order chi connectivity index (χ0) is 25.2. The first-order chi connectivity index (χ1) is 16.7. The molecule has 1 saturated heterocycles. The summed E-state index contributed by atoms with van der Waals surface area (Å²) in [6, 6.07) is 3.41. The number of carbonyl (C=O) groups excluding carboxylic acids is 2. The van der Waals surface area contributed by atoms with Crippen LogP contribution in [0.3, 0.4) is 0 Å². The Balaban J connectivity index is 1.47. The fraction of sp³-hybridized carbons (Fsp3) is 0.667. The molecule has 192 valence electrons. The molecule has 11 heteroatoms. The van der Waals surface area contributed by atoms with E-state index in [9.17, 15) is 19.8 Å². The number of fused-ring (bicyclic) bond motifs is 1. The Kier molecular flexibility index (Phi) is 7.41. The molecule has 2 aromatic rings. The van der Waals surface area contributed by atoms with Crippen molar-refractivity contribution in [2.75, 3.05) is 11.9 Å². The lowest BCUT2D eigenvalue weighted by molar-refractivity contribution is -0.153. The molecule has 0 spiro atoms. The zero-order valence-corrected chi connectivity index (χ0v) is 20.3. The van der Waals surface area contributed by atoms with Crippen LogP contribution in [0.15, 0.2) is 18.5 Å². The van der Waals surface area contributed by atoms with Gasteiger partial charge in [0.1, 0.15) is 42.4 Å². The number of hydrogen-bond donors (Lipinski definition) is 4. The van der Waals surface area contributed by atoms with E-state index in [0.29, 0.717) is 29.9 Å². The van der Waals surface area contributed by atoms with Crippen LogP contribution in [0.25, 0.3) is 5.52 Å². The topological polar surface area (TPSA) is 161 Å². The number of ether oxygens (including phenoxy) is 2. The molecule has 0 bridgehead atoms. The molecular formula is C24H35N5O6. The molecule has 0 aromatic carbocycles. The lowest BCUT2D eigenvalue weighted by atomic mass is 9.80. The molecule has 11 nitrogen and oxygen atoms in total. The number of aliphatic hydroxyl groups excluding tert-OH is 2. The number of aromatic nitrogens is 3. The molecular weight excluding hydrogens is 454 g/mol. The number of anilines is 1. The normalized spacial score (nSPS) is 28.2. The van der Waals surface area contributed by atoms with Crippen molar-refractivity contribution in [2.24, 2.45) is 5.73 Å². The number of nitrogens with two attached hydrogens (primary N) is 1. The van der Waals surface area contributed by atoms with Crippen LogP contribution < -0.4 is 11.1 Å². The van der Waals surface area contributed by atoms with Gasteiger partial charge in [0, 0.05) is 12.0 Å². The third-order valence-corrected chi connectivity index (χ3v) is 7.11. The van der Waals surface area contributed by atoms with Gasteiger partial charge < -0.3 is 30.7 Å². The van der Waals surface area contributed by atoms with Gasteiger partial charge in [-0.25, -0.2) is 9.50 Å². The quantitative estimate of drug-likeness (QED) is 0.402. The molecule has 0 unspecified atom stereocenters. The Bertz CT molecular complexity index is 1070. The zero-order valence-electron chi connectivity index (χ0n) is 20.3. The second-order valence-electron chi connectivity index (χ2n) is 9.90. The molecule has 3 heterocycles. The van der Waals surface area contributed by atoms with E-state index in [4.69, 9.17) is 15.2 Å². The summed E-state index contributed by atoms with van der Waals surface area (Å²) in [7, 11) is 0. The second kappa shape index (κ2) is 10.2. The van der Waals surface area contributed by atoms with Gasteiger partial charge in [-0.2, -0.15) is 5.10 Å². The van der Waals surface area contributed by atoms with E-state index in [2.05, 4.69) is 15.4 Å². The maximum atomic E-state index is 12.4. The van der Waals surface area contributed by atoms with E-state index >= 15 is 0 Å². The van der Waals surface area contributed by atoms with Crippen molar-refractivity contribution in [1.82, 2.24) is 14.6 Å². The highest BCUT2D eigenvalue weighted by molar-refractivity contribution is 5.93. The van der Waals surface area contributed by atoms with Crippen molar-refractivity contribution in [3.8, 4) is 0 Å². The minimum Gasteiger partial charge on any atom is -0.463 e. The fourth-order valence-electron chi connectivity index (χ4n) is 5.10. The molecule has 0 radical (unpaired) electrons. The Hall–Kier alpha value is -2.60. The van der Waals surface area contributed by atoms with Gasteiger partial charge in [-0.3, -0.25) is 9.59 Å². The summed E-state index contributed by atoms with van der Waals surface area (Å²) in [4.78, 5) is 28.7. The number of aliphatic hydroxyl groups is 2. The lowest BCUT2D eigenvalue weighted by Gasteiger charge is -2.32. The maximum absolute atomic E-state index is 12.4. The summed E-state index contributed by atoms with van der Waals surface area (Å²) in [5.74, 6) is -0.268. The monoisotopic (exact) mass is 489 g/mol. The van der Waals surface area contributed by atoms with Crippen LogP contribution in [0.1, 0.15) is 70.9 Å². The van der Waals surface area contributed by atoms with Gasteiger partial charge in [-0.05, 0) is 38.3 Å². The van der Waals surface area contributed by atoms with Gasteiger partial charge >= 0.3 is 5.97 Å². The molecule has 4 atom stereocenters. The summed E-state index contributed by atoms with van der Waals surface area (Å²) < 4.78 is 13.0. The summed E-state index contributed by atoms with van der Waals surface area (Å²) in [6.07, 6.45) is 3.63. The Labute approximate surface area is 204 Å². The molecule has 1 saturated carbocycles. The Morgan fingerprint density at radius 1 is 1.29 bits per heavy atom. The number of amides is 1. The van der Waals surface area contributed by atoms with E-state index in [1.165, 1.54) is 10.8 Å². The van der Waals surface area contributed by atoms with Crippen molar-refractivity contribution >= 4 is 23.2 Å². The Morgan fingerprint density at radius 3 is 2.74 bits per heavy atom. The summed E-state index contributed by atoms with van der Waals surface area (Å²) in [5.41, 5.74) is 5.44. The summed E-state index contributed by atoms with van der Waals surface area (Å²) >= 11 is 0. The molecule has 1 aliphatic heterocycles. The van der Waals surface area contributed by atoms with Crippen molar-refractivity contribution in [3.05, 3.63) is 24.2 Å². The SMILES string of the molecule is CCCC(=O)Nc1ncnn2c([C@]3(C)O[C@H](COC(=O)CC4(N)CCCCC4)[C@@H](O)[C@H]3O)ccc12. The molecule has 2 aromatic heterocycles. The van der Waals surface area contributed by atoms with Gasteiger partial charge in [0.15, 0.2) is 5.82 Å². The molecule has 1 aliphatic carbocycles. The lowest BCUT2D eigenvalue weighted by Crippen LogP contribution is -2.44. The van der Waals surface area contributed by atoms with Crippen LogP contribution in [-0.2, 0) is 24.7 Å². The first kappa shape index (κ1) is 25.5. The number of esters is 1. The fourth-order valence-corrected chi connectivity index (χ4v) is 5.10. The van der Waals surface area contributed by atoms with Crippen LogP contribution in [0.5, 0.6) is 0 Å². The van der Waals surface area contributed by atoms with E-state index in [-0.39, 0.29) is 18.9 Å². The van der Waals surface area contributed by atoms with E-state index in [1.54, 1.807) is 19.1 Å². The minimum atomic E-state index is -1.35. The molecule has 2 fully saturated rings. The largest absolute Gasteiger partial charge is 0.463 e. The van der Waals surface area contributed by atoms with Crippen molar-refractivity contribution < 1.29 is 29.3 Å². The average molecular weight is 490 g/mol. The van der Waals surface area contributed by atoms with Gasteiger partial charge in [0.2, 0.25) is 5.91 Å². The number of hydrogen-bond acceptors (Lipinski definition) is 9. The predicted molar refractivity (Wildman–Crippen MR) is 126 cm³/mol. The summed E-state index contributed by atoms with van der Waals surface area (Å²) in [6.45, 7) is 3.34. The molecule has 35 heavy (non-hydrogen) atoms. The predicted octanol–water partition coefficient (Wildman–Crippen LogP) is 1.40. The van der Waals surface area contributed by atoms with Gasteiger partial charge in [-0.1, -0.05) is 26.2 Å². The smallest absolute Gasteiger partial charge is 0.307 e. The highest BCUT2D eigenvalue weighted by atomic mass is 16.6. The van der Waals surface area contributed by atoms with Crippen molar-refractivity contribution in [1.29, 1.82) is 0 Å². The number of rotatable bonds is 8. The van der Waals surface area contributed by atoms with Crippen molar-refractivity contribution in [2.45, 2.75) is 94.7 Å². The highest BCUT2D eigenvalue weighted by Crippen LogP contribution is 2.40. The average Bonchev–Trinajstić information content (AvgIpc) is 3.35. The van der Waals surface area contributed by atoms with Gasteiger partial charge in [-0.15, -0.1) is 0 Å². The maximum Gasteiger partial charge on any atom is 0.307 e. The van der Waals surface area contributed by atoms with Gasteiger partial charge in [0.05, 0.1) is 12.1 Å². The Morgan fingerprint density at radius 2 is 2.03 bits per heavy atom. The standard InChI is InChI=1S/C24H35N5O6/c1-3-7-18(30)28-22-15-8-9-17(29(15)27-14-26-22)23(2)21(33)20(32)16(35-23)13-34-19(31)12-24(25)10-5-4-6-11-24/h8-9,14,16,20-21,32-33H,3-7,10-13,25H2,1-2H3,(H,26,27,28,30)/t16-,20-,21-,23+/m1/s1. The van der Waals surface area contributed by atoms with Crippen molar-refractivity contribution in [3.63, 3.8) is 0 Å². The molecule has 5 N–H and O–H groups in total. The molecule has 4 rings (SSSR count). The van der Waals surface area contributed by atoms with Gasteiger partial charge in [0.25, 0.3) is 0 Å². The number of nitrogens with zero attached hydrogens (tertiary/aromatic N) is 3. The number of nitrogens with one attached hydrogen (secondary N) is 1. The minimum absolute atomic E-state index is 0.114. The van der Waals surface area contributed by atoms with Crippen LogP contribution in [-0.4, -0.2) is 67.1 Å². The van der Waals surface area contributed by atoms with Crippen LogP contribution >= 0.6 is 0 Å². The summed E-state index contributed by atoms with van der Waals surface area (Å²) in [5, 5.41) is 28.6. The van der Waals surface area contributed by atoms with E-state index in [0.717, 1.165) is 32.1 Å². The first-order valence-electron chi connectivity index (χ1n) is 12.3. The third kappa shape index (κ3) is 5.18. The number of carbonyl (C=O) groups is 2. The van der Waals surface area contributed by atoms with Crippen LogP contribution in [0, 0.1) is 0 Å². The first-order valence-corrected chi connectivity index (χ1v) is 12.3.